The molecule has 2 rings (SSSR count). The number of aryl methyl sites for hydroxylation is 1. The van der Waals surface area contributed by atoms with Crippen LogP contribution in [0.3, 0.4) is 0 Å². The predicted octanol–water partition coefficient (Wildman–Crippen LogP) is 2.78. The van der Waals surface area contributed by atoms with Gasteiger partial charge in [0, 0.05) is 5.38 Å². The molecule has 0 bridgehead atoms. The molecule has 0 saturated heterocycles. The minimum Gasteiger partial charge on any atom is -0.486 e. The standard InChI is InChI=1S/C12H12ClN3O2S/c1-7-15-8(6-19-7)5-18-10-4-2-3-9(13)11(10)12(14)16-17/h2-4,6,17H,5H2,1H3,(H2,14,16). The molecule has 1 aromatic heterocycles. The van der Waals surface area contributed by atoms with Crippen molar-refractivity contribution < 1.29 is 9.94 Å². The minimum absolute atomic E-state index is 0.0879. The second-order valence-electron chi connectivity index (χ2n) is 3.74. The molecule has 7 heteroatoms. The Labute approximate surface area is 119 Å². The van der Waals surface area contributed by atoms with Gasteiger partial charge in [-0.2, -0.15) is 0 Å². The zero-order valence-corrected chi connectivity index (χ0v) is 11.7. The zero-order valence-electron chi connectivity index (χ0n) is 10.1. The largest absolute Gasteiger partial charge is 0.486 e. The average molecular weight is 298 g/mol. The molecule has 100 valence electrons. The monoisotopic (exact) mass is 297 g/mol. The third kappa shape index (κ3) is 3.15. The molecule has 0 aliphatic carbocycles. The van der Waals surface area contributed by atoms with Gasteiger partial charge in [-0.25, -0.2) is 4.98 Å². The van der Waals surface area contributed by atoms with Crippen molar-refractivity contribution in [1.82, 2.24) is 4.98 Å². The lowest BCUT2D eigenvalue weighted by Crippen LogP contribution is -2.15. The summed E-state index contributed by atoms with van der Waals surface area (Å²) in [5, 5.41) is 15.0. The van der Waals surface area contributed by atoms with E-state index >= 15 is 0 Å². The second-order valence-corrected chi connectivity index (χ2v) is 5.21. The van der Waals surface area contributed by atoms with E-state index in [4.69, 9.17) is 27.3 Å². The molecule has 19 heavy (non-hydrogen) atoms. The minimum atomic E-state index is -0.0879. The normalized spacial score (nSPS) is 11.6. The number of oxime groups is 1. The Morgan fingerprint density at radius 2 is 2.37 bits per heavy atom. The quantitative estimate of drug-likeness (QED) is 0.393. The van der Waals surface area contributed by atoms with Crippen LogP contribution in [0.5, 0.6) is 5.75 Å². The van der Waals surface area contributed by atoms with Crippen LogP contribution in [0.1, 0.15) is 16.3 Å². The predicted molar refractivity (Wildman–Crippen MR) is 75.1 cm³/mol. The summed E-state index contributed by atoms with van der Waals surface area (Å²) in [4.78, 5) is 4.29. The van der Waals surface area contributed by atoms with Gasteiger partial charge < -0.3 is 15.7 Å². The van der Waals surface area contributed by atoms with E-state index in [1.54, 1.807) is 29.5 Å². The number of hydrogen-bond acceptors (Lipinski definition) is 5. The summed E-state index contributed by atoms with van der Waals surface area (Å²) in [5.74, 6) is 0.364. The van der Waals surface area contributed by atoms with E-state index in [2.05, 4.69) is 10.1 Å². The number of hydrogen-bond donors (Lipinski definition) is 2. The molecule has 5 nitrogen and oxygen atoms in total. The van der Waals surface area contributed by atoms with E-state index < -0.39 is 0 Å². The number of nitrogens with zero attached hydrogens (tertiary/aromatic N) is 2. The highest BCUT2D eigenvalue weighted by Crippen LogP contribution is 2.27. The molecular formula is C12H12ClN3O2S. The van der Waals surface area contributed by atoms with E-state index in [-0.39, 0.29) is 5.84 Å². The van der Waals surface area contributed by atoms with Gasteiger partial charge in [-0.1, -0.05) is 22.8 Å². The maximum atomic E-state index is 8.76. The van der Waals surface area contributed by atoms with Crippen LogP contribution < -0.4 is 10.5 Å². The van der Waals surface area contributed by atoms with Gasteiger partial charge in [0.15, 0.2) is 5.84 Å². The third-order valence-corrected chi connectivity index (χ3v) is 3.52. The maximum absolute atomic E-state index is 8.76. The van der Waals surface area contributed by atoms with E-state index in [1.165, 1.54) is 0 Å². The fraction of sp³-hybridized carbons (Fsp3) is 0.167. The summed E-state index contributed by atoms with van der Waals surface area (Å²) in [6, 6.07) is 5.09. The topological polar surface area (TPSA) is 80.7 Å². The Morgan fingerprint density at radius 3 is 3.00 bits per heavy atom. The first-order chi connectivity index (χ1) is 9.11. The van der Waals surface area contributed by atoms with Crippen molar-refractivity contribution in [2.45, 2.75) is 13.5 Å². The number of nitrogens with two attached hydrogens (primary N) is 1. The highest BCUT2D eigenvalue weighted by Gasteiger charge is 2.13. The van der Waals surface area contributed by atoms with Crippen LogP contribution in [-0.4, -0.2) is 16.0 Å². The average Bonchev–Trinajstić information content (AvgIpc) is 2.81. The zero-order chi connectivity index (χ0) is 13.8. The van der Waals surface area contributed by atoms with Crippen molar-refractivity contribution in [2.75, 3.05) is 0 Å². The molecule has 2 aromatic rings. The summed E-state index contributed by atoms with van der Waals surface area (Å²) in [7, 11) is 0. The third-order valence-electron chi connectivity index (χ3n) is 2.38. The van der Waals surface area contributed by atoms with Crippen molar-refractivity contribution in [1.29, 1.82) is 0 Å². The van der Waals surface area contributed by atoms with Crippen LogP contribution >= 0.6 is 22.9 Å². The number of rotatable bonds is 4. The number of thiazole rings is 1. The summed E-state index contributed by atoms with van der Waals surface area (Å²) in [5.41, 5.74) is 6.79. The van der Waals surface area contributed by atoms with Gasteiger partial charge in [0.1, 0.15) is 12.4 Å². The Balaban J connectivity index is 2.23. The van der Waals surface area contributed by atoms with Gasteiger partial charge in [-0.3, -0.25) is 0 Å². The number of aromatic nitrogens is 1. The summed E-state index contributed by atoms with van der Waals surface area (Å²) in [6.07, 6.45) is 0. The fourth-order valence-corrected chi connectivity index (χ4v) is 2.41. The van der Waals surface area contributed by atoms with E-state index in [9.17, 15) is 0 Å². The van der Waals surface area contributed by atoms with Gasteiger partial charge >= 0.3 is 0 Å². The molecular weight excluding hydrogens is 286 g/mol. The highest BCUT2D eigenvalue weighted by molar-refractivity contribution is 7.09. The number of benzene rings is 1. The summed E-state index contributed by atoms with van der Waals surface area (Å²) < 4.78 is 5.63. The summed E-state index contributed by atoms with van der Waals surface area (Å²) in [6.45, 7) is 2.23. The SMILES string of the molecule is Cc1nc(COc2cccc(Cl)c2/C(N)=N/O)cs1. The van der Waals surface area contributed by atoms with Crippen molar-refractivity contribution >= 4 is 28.8 Å². The van der Waals surface area contributed by atoms with Crippen molar-refractivity contribution in [3.8, 4) is 5.75 Å². The summed E-state index contributed by atoms with van der Waals surface area (Å²) >= 11 is 7.58. The molecule has 1 aromatic carbocycles. The van der Waals surface area contributed by atoms with E-state index in [0.717, 1.165) is 10.7 Å². The molecule has 0 amide bonds. The second kappa shape index (κ2) is 5.90. The van der Waals surface area contributed by atoms with Crippen molar-refractivity contribution in [2.24, 2.45) is 10.9 Å². The first-order valence-corrected chi connectivity index (χ1v) is 6.67. The number of amidine groups is 1. The number of halogens is 1. The smallest absolute Gasteiger partial charge is 0.175 e. The molecule has 0 spiro atoms. The van der Waals surface area contributed by atoms with Crippen LogP contribution in [0, 0.1) is 6.92 Å². The molecule has 0 atom stereocenters. The maximum Gasteiger partial charge on any atom is 0.175 e. The molecule has 0 unspecified atom stereocenters. The first kappa shape index (κ1) is 13.6. The van der Waals surface area contributed by atoms with E-state index in [1.807, 2.05) is 12.3 Å². The molecule has 0 fully saturated rings. The Hall–Kier alpha value is -1.79. The fourth-order valence-electron chi connectivity index (χ4n) is 1.55. The van der Waals surface area contributed by atoms with Gasteiger partial charge in [-0.05, 0) is 19.1 Å². The van der Waals surface area contributed by atoms with Gasteiger partial charge in [0.25, 0.3) is 0 Å². The van der Waals surface area contributed by atoms with Crippen molar-refractivity contribution in [3.05, 3.63) is 44.9 Å². The molecule has 0 saturated carbocycles. The molecule has 0 aliphatic heterocycles. The Kier molecular flexibility index (Phi) is 4.24. The molecule has 3 N–H and O–H groups in total. The molecule has 0 radical (unpaired) electrons. The van der Waals surface area contributed by atoms with Crippen LogP contribution in [0.15, 0.2) is 28.7 Å². The van der Waals surface area contributed by atoms with Gasteiger partial charge in [0.2, 0.25) is 0 Å². The molecule has 0 aliphatic rings. The Bertz CT molecular complexity index is 613. The first-order valence-electron chi connectivity index (χ1n) is 5.42. The number of ether oxygens (including phenoxy) is 1. The van der Waals surface area contributed by atoms with Crippen LogP contribution in [0.25, 0.3) is 0 Å². The lowest BCUT2D eigenvalue weighted by Gasteiger charge is -2.10. The van der Waals surface area contributed by atoms with Crippen LogP contribution in [0.2, 0.25) is 5.02 Å². The van der Waals surface area contributed by atoms with Crippen molar-refractivity contribution in [3.63, 3.8) is 0 Å². The van der Waals surface area contributed by atoms with Gasteiger partial charge in [0.05, 0.1) is 21.3 Å². The van der Waals surface area contributed by atoms with Crippen LogP contribution in [-0.2, 0) is 6.61 Å². The lowest BCUT2D eigenvalue weighted by atomic mass is 10.2. The van der Waals surface area contributed by atoms with Crippen LogP contribution in [0.4, 0.5) is 0 Å². The Morgan fingerprint density at radius 1 is 1.58 bits per heavy atom. The lowest BCUT2D eigenvalue weighted by molar-refractivity contribution is 0.299. The highest BCUT2D eigenvalue weighted by atomic mass is 35.5. The molecule has 1 heterocycles. The van der Waals surface area contributed by atoms with E-state index in [0.29, 0.717) is 22.9 Å². The van der Waals surface area contributed by atoms with Gasteiger partial charge in [-0.15, -0.1) is 11.3 Å².